The van der Waals surface area contributed by atoms with E-state index in [2.05, 4.69) is 20.7 Å². The fourth-order valence-electron chi connectivity index (χ4n) is 3.04. The largest absolute Gasteiger partial charge is 0.347 e. The SMILES string of the molecule is Cc1nc(-c2c(C)c(C)nn(C)c2=O)sc1C(=O)NC1CCCNC1.Cl.Cl. The number of aromatic nitrogens is 3. The Bertz CT molecular complexity index is 875. The summed E-state index contributed by atoms with van der Waals surface area (Å²) in [5.74, 6) is -0.116. The van der Waals surface area contributed by atoms with E-state index >= 15 is 0 Å². The van der Waals surface area contributed by atoms with E-state index in [1.165, 1.54) is 16.0 Å². The van der Waals surface area contributed by atoms with Gasteiger partial charge in [0.05, 0.1) is 17.0 Å². The summed E-state index contributed by atoms with van der Waals surface area (Å²) < 4.78 is 1.32. The number of rotatable bonds is 3. The van der Waals surface area contributed by atoms with E-state index in [1.54, 1.807) is 7.05 Å². The summed E-state index contributed by atoms with van der Waals surface area (Å²) in [7, 11) is 1.63. The maximum absolute atomic E-state index is 12.6. The van der Waals surface area contributed by atoms with Gasteiger partial charge in [-0.3, -0.25) is 9.59 Å². The van der Waals surface area contributed by atoms with Crippen molar-refractivity contribution < 1.29 is 4.79 Å². The zero-order chi connectivity index (χ0) is 18.1. The highest BCUT2D eigenvalue weighted by atomic mass is 35.5. The van der Waals surface area contributed by atoms with Gasteiger partial charge in [-0.25, -0.2) is 9.67 Å². The van der Waals surface area contributed by atoms with Gasteiger partial charge < -0.3 is 10.6 Å². The average molecular weight is 434 g/mol. The molecule has 0 aliphatic carbocycles. The number of hydrogen-bond acceptors (Lipinski definition) is 6. The number of nitrogens with zero attached hydrogens (tertiary/aromatic N) is 3. The molecule has 27 heavy (non-hydrogen) atoms. The highest BCUT2D eigenvalue weighted by molar-refractivity contribution is 7.17. The van der Waals surface area contributed by atoms with Gasteiger partial charge >= 0.3 is 0 Å². The van der Waals surface area contributed by atoms with Crippen LogP contribution in [0.3, 0.4) is 0 Å². The molecule has 3 heterocycles. The Labute approximate surface area is 174 Å². The first-order valence-corrected chi connectivity index (χ1v) is 9.24. The van der Waals surface area contributed by atoms with Crippen LogP contribution in [0.5, 0.6) is 0 Å². The molecule has 0 bridgehead atoms. The van der Waals surface area contributed by atoms with E-state index < -0.39 is 0 Å². The molecule has 1 unspecified atom stereocenters. The Morgan fingerprint density at radius 3 is 2.59 bits per heavy atom. The van der Waals surface area contributed by atoms with Gasteiger partial charge in [0.25, 0.3) is 11.5 Å². The third kappa shape index (κ3) is 4.87. The highest BCUT2D eigenvalue weighted by Crippen LogP contribution is 2.28. The first-order valence-electron chi connectivity index (χ1n) is 8.42. The molecule has 150 valence electrons. The van der Waals surface area contributed by atoms with E-state index in [-0.39, 0.29) is 42.3 Å². The Morgan fingerprint density at radius 1 is 1.26 bits per heavy atom. The minimum Gasteiger partial charge on any atom is -0.347 e. The van der Waals surface area contributed by atoms with Crippen LogP contribution in [0.15, 0.2) is 4.79 Å². The summed E-state index contributed by atoms with van der Waals surface area (Å²) in [6.07, 6.45) is 2.04. The van der Waals surface area contributed by atoms with E-state index in [0.29, 0.717) is 21.1 Å². The molecular formula is C17H25Cl2N5O2S. The molecule has 0 spiro atoms. The Hall–Kier alpha value is -1.48. The van der Waals surface area contributed by atoms with Crippen LogP contribution >= 0.6 is 36.2 Å². The number of nitrogens with one attached hydrogen (secondary N) is 2. The summed E-state index contributed by atoms with van der Waals surface area (Å²) in [6, 6.07) is 0.143. The lowest BCUT2D eigenvalue weighted by Crippen LogP contribution is -2.45. The smallest absolute Gasteiger partial charge is 0.277 e. The lowest BCUT2D eigenvalue weighted by molar-refractivity contribution is 0.0934. The van der Waals surface area contributed by atoms with Crippen molar-refractivity contribution in [3.05, 3.63) is 32.2 Å². The average Bonchev–Trinajstić information content (AvgIpc) is 2.96. The van der Waals surface area contributed by atoms with Gasteiger partial charge in [-0.05, 0) is 45.7 Å². The van der Waals surface area contributed by atoms with Crippen LogP contribution < -0.4 is 16.2 Å². The molecule has 2 N–H and O–H groups in total. The maximum atomic E-state index is 12.6. The number of amides is 1. The Balaban J connectivity index is 0.00000182. The van der Waals surface area contributed by atoms with Gasteiger partial charge in [-0.15, -0.1) is 36.2 Å². The molecular weight excluding hydrogens is 409 g/mol. The summed E-state index contributed by atoms with van der Waals surface area (Å²) in [5, 5.41) is 11.1. The van der Waals surface area contributed by atoms with Crippen LogP contribution in [-0.4, -0.2) is 39.8 Å². The fraction of sp³-hybridized carbons (Fsp3) is 0.529. The lowest BCUT2D eigenvalue weighted by atomic mass is 10.1. The number of carbonyl (C=O) groups is 1. The zero-order valence-corrected chi connectivity index (χ0v) is 18.2. The van der Waals surface area contributed by atoms with Crippen molar-refractivity contribution in [1.29, 1.82) is 0 Å². The first kappa shape index (κ1) is 23.6. The van der Waals surface area contributed by atoms with Crippen LogP contribution in [0, 0.1) is 20.8 Å². The molecule has 1 saturated heterocycles. The number of aryl methyl sites for hydroxylation is 3. The molecule has 0 radical (unpaired) electrons. The predicted octanol–water partition coefficient (Wildman–Crippen LogP) is 2.15. The topological polar surface area (TPSA) is 88.9 Å². The van der Waals surface area contributed by atoms with Crippen molar-refractivity contribution in [3.8, 4) is 10.6 Å². The minimum absolute atomic E-state index is 0. The van der Waals surface area contributed by atoms with Gasteiger partial charge in [0.1, 0.15) is 9.88 Å². The zero-order valence-electron chi connectivity index (χ0n) is 15.8. The van der Waals surface area contributed by atoms with Crippen LogP contribution in [0.25, 0.3) is 10.6 Å². The van der Waals surface area contributed by atoms with Crippen molar-refractivity contribution in [2.24, 2.45) is 7.05 Å². The number of carbonyl (C=O) groups excluding carboxylic acids is 1. The Morgan fingerprint density at radius 2 is 1.96 bits per heavy atom. The first-order chi connectivity index (χ1) is 11.9. The number of hydrogen-bond donors (Lipinski definition) is 2. The summed E-state index contributed by atoms with van der Waals surface area (Å²) in [6.45, 7) is 7.33. The molecule has 0 aromatic carbocycles. The van der Waals surface area contributed by atoms with Crippen LogP contribution in [-0.2, 0) is 7.05 Å². The molecule has 10 heteroatoms. The molecule has 0 saturated carbocycles. The van der Waals surface area contributed by atoms with Gasteiger partial charge in [0.15, 0.2) is 0 Å². The second kappa shape index (κ2) is 9.64. The quantitative estimate of drug-likeness (QED) is 0.773. The van der Waals surface area contributed by atoms with Crippen LogP contribution in [0.4, 0.5) is 0 Å². The van der Waals surface area contributed by atoms with Crippen molar-refractivity contribution in [2.75, 3.05) is 13.1 Å². The summed E-state index contributed by atoms with van der Waals surface area (Å²) >= 11 is 1.27. The molecule has 1 aliphatic heterocycles. The van der Waals surface area contributed by atoms with Gasteiger partial charge in [0.2, 0.25) is 0 Å². The van der Waals surface area contributed by atoms with Crippen molar-refractivity contribution in [1.82, 2.24) is 25.4 Å². The fourth-order valence-corrected chi connectivity index (χ4v) is 4.10. The third-order valence-electron chi connectivity index (χ3n) is 4.57. The number of halogens is 2. The molecule has 2 aromatic rings. The molecule has 7 nitrogen and oxygen atoms in total. The molecule has 3 rings (SSSR count). The maximum Gasteiger partial charge on any atom is 0.277 e. The second-order valence-corrected chi connectivity index (χ2v) is 7.46. The second-order valence-electron chi connectivity index (χ2n) is 6.46. The molecule has 1 fully saturated rings. The Kier molecular flexibility index (Phi) is 8.41. The number of thiazole rings is 1. The third-order valence-corrected chi connectivity index (χ3v) is 5.75. The van der Waals surface area contributed by atoms with Crippen molar-refractivity contribution in [2.45, 2.75) is 39.7 Å². The van der Waals surface area contributed by atoms with Crippen molar-refractivity contribution in [3.63, 3.8) is 0 Å². The van der Waals surface area contributed by atoms with Gasteiger partial charge in [0, 0.05) is 19.6 Å². The van der Waals surface area contributed by atoms with E-state index in [1.807, 2.05) is 20.8 Å². The van der Waals surface area contributed by atoms with Crippen LogP contribution in [0.2, 0.25) is 0 Å². The van der Waals surface area contributed by atoms with Crippen LogP contribution in [0.1, 0.15) is 39.5 Å². The van der Waals surface area contributed by atoms with Crippen molar-refractivity contribution >= 4 is 42.1 Å². The standard InChI is InChI=1S/C17H23N5O2S.2ClH/c1-9-10(2)21-22(4)17(24)13(9)16-19-11(3)14(25-16)15(23)20-12-6-5-7-18-8-12;;/h12,18H,5-8H2,1-4H3,(H,20,23);2*1H. The normalized spacial score (nSPS) is 16.2. The van der Waals surface area contributed by atoms with Gasteiger partial charge in [-0.2, -0.15) is 5.10 Å². The molecule has 1 atom stereocenters. The lowest BCUT2D eigenvalue weighted by Gasteiger charge is -2.23. The minimum atomic E-state index is -0.194. The molecule has 2 aromatic heterocycles. The highest BCUT2D eigenvalue weighted by Gasteiger charge is 2.23. The molecule has 1 aliphatic rings. The summed E-state index contributed by atoms with van der Waals surface area (Å²) in [4.78, 5) is 30.2. The van der Waals surface area contributed by atoms with Gasteiger partial charge in [-0.1, -0.05) is 0 Å². The monoisotopic (exact) mass is 433 g/mol. The predicted molar refractivity (Wildman–Crippen MR) is 113 cm³/mol. The van der Waals surface area contributed by atoms with E-state index in [9.17, 15) is 9.59 Å². The van der Waals surface area contributed by atoms with E-state index in [4.69, 9.17) is 0 Å². The number of piperidine rings is 1. The molecule has 1 amide bonds. The van der Waals surface area contributed by atoms with E-state index in [0.717, 1.165) is 37.2 Å². The summed E-state index contributed by atoms with van der Waals surface area (Å²) in [5.41, 5.74) is 2.57.